The molecular formula is C17H12NO+. The van der Waals surface area contributed by atoms with Gasteiger partial charge in [0.1, 0.15) is 6.42 Å². The third kappa shape index (κ3) is 1.50. The van der Waals surface area contributed by atoms with E-state index in [0.29, 0.717) is 6.42 Å². The van der Waals surface area contributed by atoms with E-state index in [1.54, 1.807) is 4.57 Å². The van der Waals surface area contributed by atoms with E-state index < -0.39 is 0 Å². The van der Waals surface area contributed by atoms with Crippen molar-refractivity contribution in [3.05, 3.63) is 66.4 Å². The molecule has 0 saturated heterocycles. The molecule has 1 aliphatic rings. The maximum atomic E-state index is 12.3. The lowest BCUT2D eigenvalue weighted by molar-refractivity contribution is -0.562. The van der Waals surface area contributed by atoms with Crippen LogP contribution in [-0.2, 0) is 6.42 Å². The molecular weight excluding hydrogens is 234 g/mol. The maximum absolute atomic E-state index is 12.3. The van der Waals surface area contributed by atoms with E-state index in [9.17, 15) is 4.79 Å². The molecule has 0 amide bonds. The summed E-state index contributed by atoms with van der Waals surface area (Å²) in [6.07, 6.45) is 2.43. The summed E-state index contributed by atoms with van der Waals surface area (Å²) in [6.45, 7) is 0. The third-order valence-electron chi connectivity index (χ3n) is 3.72. The van der Waals surface area contributed by atoms with Crippen molar-refractivity contribution in [2.24, 2.45) is 0 Å². The molecule has 2 nitrogen and oxygen atoms in total. The van der Waals surface area contributed by atoms with Gasteiger partial charge < -0.3 is 0 Å². The molecule has 1 aromatic heterocycles. The van der Waals surface area contributed by atoms with Crippen molar-refractivity contribution in [3.8, 4) is 11.3 Å². The maximum Gasteiger partial charge on any atom is 0.397 e. The van der Waals surface area contributed by atoms with E-state index in [1.807, 2.05) is 42.6 Å². The Bertz CT molecular complexity index is 820. The summed E-state index contributed by atoms with van der Waals surface area (Å²) >= 11 is 0. The number of hydrogen-bond donors (Lipinski definition) is 0. The largest absolute Gasteiger partial charge is 0.397 e. The Hall–Kier alpha value is -2.48. The minimum Gasteiger partial charge on any atom is -0.219 e. The molecule has 0 fully saturated rings. The van der Waals surface area contributed by atoms with E-state index in [1.165, 1.54) is 5.39 Å². The molecule has 2 heterocycles. The molecule has 0 N–H and O–H groups in total. The Balaban J connectivity index is 2.11. The molecule has 0 bridgehead atoms. The zero-order chi connectivity index (χ0) is 12.8. The van der Waals surface area contributed by atoms with E-state index in [2.05, 4.69) is 18.2 Å². The fraction of sp³-hybridized carbons (Fsp3) is 0.0588. The van der Waals surface area contributed by atoms with Gasteiger partial charge in [-0.05, 0) is 23.1 Å². The Morgan fingerprint density at radius 3 is 2.53 bits per heavy atom. The van der Waals surface area contributed by atoms with Gasteiger partial charge >= 0.3 is 5.91 Å². The van der Waals surface area contributed by atoms with E-state index >= 15 is 0 Å². The van der Waals surface area contributed by atoms with Gasteiger partial charge in [-0.25, -0.2) is 4.79 Å². The van der Waals surface area contributed by atoms with E-state index in [-0.39, 0.29) is 5.91 Å². The van der Waals surface area contributed by atoms with Crippen molar-refractivity contribution in [2.45, 2.75) is 6.42 Å². The minimum absolute atomic E-state index is 0.138. The number of fused-ring (bicyclic) bond motifs is 4. The Labute approximate surface area is 110 Å². The third-order valence-corrected chi connectivity index (χ3v) is 3.72. The van der Waals surface area contributed by atoms with Crippen LogP contribution in [0.2, 0.25) is 0 Å². The van der Waals surface area contributed by atoms with Crippen molar-refractivity contribution >= 4 is 16.7 Å². The summed E-state index contributed by atoms with van der Waals surface area (Å²) in [5, 5.41) is 2.26. The standard InChI is InChI=1S/C17H12NO/c19-17-10-13-6-3-4-8-15(13)16-9-12-5-1-2-7-14(12)11-18(16)17/h1-9,11H,10H2/q+1. The van der Waals surface area contributed by atoms with Crippen molar-refractivity contribution in [1.29, 1.82) is 0 Å². The summed E-state index contributed by atoms with van der Waals surface area (Å²) in [4.78, 5) is 12.3. The van der Waals surface area contributed by atoms with Crippen LogP contribution in [0.3, 0.4) is 0 Å². The smallest absolute Gasteiger partial charge is 0.219 e. The van der Waals surface area contributed by atoms with Gasteiger partial charge in [-0.3, -0.25) is 0 Å². The fourth-order valence-corrected chi connectivity index (χ4v) is 2.77. The van der Waals surface area contributed by atoms with Crippen molar-refractivity contribution < 1.29 is 9.36 Å². The normalized spacial score (nSPS) is 13.2. The molecule has 0 radical (unpaired) electrons. The summed E-state index contributed by atoms with van der Waals surface area (Å²) in [5.41, 5.74) is 3.26. The quantitative estimate of drug-likeness (QED) is 0.559. The molecule has 0 atom stereocenters. The van der Waals surface area contributed by atoms with Gasteiger partial charge in [-0.15, -0.1) is 4.57 Å². The highest BCUT2D eigenvalue weighted by Crippen LogP contribution is 2.27. The van der Waals surface area contributed by atoms with Crippen LogP contribution in [0.1, 0.15) is 10.4 Å². The number of rotatable bonds is 0. The van der Waals surface area contributed by atoms with Gasteiger partial charge in [-0.2, -0.15) is 0 Å². The molecule has 4 rings (SSSR count). The first-order valence-corrected chi connectivity index (χ1v) is 6.39. The molecule has 0 unspecified atom stereocenters. The zero-order valence-corrected chi connectivity index (χ0v) is 10.3. The van der Waals surface area contributed by atoms with Crippen LogP contribution in [0.4, 0.5) is 0 Å². The van der Waals surface area contributed by atoms with Crippen molar-refractivity contribution in [3.63, 3.8) is 0 Å². The predicted molar refractivity (Wildman–Crippen MR) is 73.9 cm³/mol. The Morgan fingerprint density at radius 1 is 0.895 bits per heavy atom. The summed E-state index contributed by atoms with van der Waals surface area (Å²) in [6, 6.07) is 18.4. The van der Waals surface area contributed by atoms with Gasteiger partial charge in [0.05, 0.1) is 5.56 Å². The lowest BCUT2D eigenvalue weighted by Gasteiger charge is -2.13. The molecule has 0 aliphatic carbocycles. The van der Waals surface area contributed by atoms with Gasteiger partial charge in [0.2, 0.25) is 5.69 Å². The van der Waals surface area contributed by atoms with Gasteiger partial charge in [0.15, 0.2) is 6.20 Å². The zero-order valence-electron chi connectivity index (χ0n) is 10.3. The second-order valence-corrected chi connectivity index (χ2v) is 4.89. The Morgan fingerprint density at radius 2 is 1.63 bits per heavy atom. The number of benzene rings is 2. The fourth-order valence-electron chi connectivity index (χ4n) is 2.77. The molecule has 90 valence electrons. The van der Waals surface area contributed by atoms with E-state index in [0.717, 1.165) is 22.2 Å². The molecule has 2 heteroatoms. The molecule has 19 heavy (non-hydrogen) atoms. The van der Waals surface area contributed by atoms with Crippen LogP contribution in [0.25, 0.3) is 22.0 Å². The SMILES string of the molecule is O=C1Cc2ccccc2-c2cc3ccccc3c[n+]21. The van der Waals surface area contributed by atoms with Crippen molar-refractivity contribution in [2.75, 3.05) is 0 Å². The summed E-state index contributed by atoms with van der Waals surface area (Å²) in [5.74, 6) is 0.138. The van der Waals surface area contributed by atoms with Crippen LogP contribution < -0.4 is 4.57 Å². The average Bonchev–Trinajstić information content (AvgIpc) is 2.46. The highest BCUT2D eigenvalue weighted by atomic mass is 16.2. The van der Waals surface area contributed by atoms with E-state index in [4.69, 9.17) is 0 Å². The Kier molecular flexibility index (Phi) is 2.06. The first kappa shape index (κ1) is 10.4. The number of nitrogens with zero attached hydrogens (tertiary/aromatic N) is 1. The summed E-state index contributed by atoms with van der Waals surface area (Å²) < 4.78 is 1.78. The second-order valence-electron chi connectivity index (χ2n) is 4.89. The van der Waals surface area contributed by atoms with Crippen molar-refractivity contribution in [1.82, 2.24) is 0 Å². The van der Waals surface area contributed by atoms with Crippen LogP contribution in [0.15, 0.2) is 60.8 Å². The molecule has 1 aliphatic heterocycles. The molecule has 2 aromatic carbocycles. The number of pyridine rings is 1. The molecule has 3 aromatic rings. The van der Waals surface area contributed by atoms with Crippen LogP contribution >= 0.6 is 0 Å². The summed E-state index contributed by atoms with van der Waals surface area (Å²) in [7, 11) is 0. The lowest BCUT2D eigenvalue weighted by atomic mass is 9.96. The number of carbonyl (C=O) groups is 1. The van der Waals surface area contributed by atoms with Crippen LogP contribution in [0, 0.1) is 0 Å². The molecule has 0 spiro atoms. The highest BCUT2D eigenvalue weighted by Gasteiger charge is 2.30. The first-order chi connectivity index (χ1) is 9.33. The van der Waals surface area contributed by atoms with Gasteiger partial charge in [-0.1, -0.05) is 36.4 Å². The number of aromatic nitrogens is 1. The van der Waals surface area contributed by atoms with Crippen LogP contribution in [-0.4, -0.2) is 5.91 Å². The molecule has 0 saturated carbocycles. The minimum atomic E-state index is 0.138. The second kappa shape index (κ2) is 3.75. The van der Waals surface area contributed by atoms with Crippen LogP contribution in [0.5, 0.6) is 0 Å². The van der Waals surface area contributed by atoms with Gasteiger partial charge in [0.25, 0.3) is 0 Å². The first-order valence-electron chi connectivity index (χ1n) is 6.39. The lowest BCUT2D eigenvalue weighted by Crippen LogP contribution is -2.47. The predicted octanol–water partition coefficient (Wildman–Crippen LogP) is 2.99. The number of carbonyl (C=O) groups excluding carboxylic acids is 1. The number of hydrogen-bond acceptors (Lipinski definition) is 1. The van der Waals surface area contributed by atoms with Gasteiger partial charge in [0, 0.05) is 11.5 Å². The highest BCUT2D eigenvalue weighted by molar-refractivity contribution is 5.88. The monoisotopic (exact) mass is 246 g/mol. The average molecular weight is 246 g/mol. The topological polar surface area (TPSA) is 20.9 Å².